The van der Waals surface area contributed by atoms with E-state index in [0.29, 0.717) is 18.4 Å². The van der Waals surface area contributed by atoms with Crippen LogP contribution in [-0.2, 0) is 6.42 Å². The Morgan fingerprint density at radius 2 is 2.18 bits per heavy atom. The molecule has 0 saturated heterocycles. The van der Waals surface area contributed by atoms with Crippen LogP contribution in [0.1, 0.15) is 28.8 Å². The van der Waals surface area contributed by atoms with Gasteiger partial charge in [-0.15, -0.1) is 0 Å². The molecular weight excluding hydrogens is 229 g/mol. The van der Waals surface area contributed by atoms with Crippen LogP contribution in [0.15, 0.2) is 6.07 Å². The van der Waals surface area contributed by atoms with Gasteiger partial charge in [-0.1, -0.05) is 0 Å². The second kappa shape index (κ2) is 4.12. The van der Waals surface area contributed by atoms with Gasteiger partial charge in [0.25, 0.3) is 5.69 Å². The highest BCUT2D eigenvalue weighted by molar-refractivity contribution is 6.02. The van der Waals surface area contributed by atoms with E-state index in [-0.39, 0.29) is 23.5 Å². The maximum Gasteiger partial charge on any atom is 0.283 e. The van der Waals surface area contributed by atoms with E-state index in [0.717, 1.165) is 6.07 Å². The summed E-state index contributed by atoms with van der Waals surface area (Å²) in [5.41, 5.74) is -0.155. The van der Waals surface area contributed by atoms with Crippen molar-refractivity contribution in [1.29, 1.82) is 0 Å². The summed E-state index contributed by atoms with van der Waals surface area (Å²) in [4.78, 5) is 21.8. The lowest BCUT2D eigenvalue weighted by Gasteiger charge is -2.18. The minimum atomic E-state index is -0.798. The molecule has 90 valence electrons. The summed E-state index contributed by atoms with van der Waals surface area (Å²) < 4.78 is 18.5. The molecule has 0 heterocycles. The summed E-state index contributed by atoms with van der Waals surface area (Å²) in [5.74, 6) is -1.18. The van der Waals surface area contributed by atoms with Crippen molar-refractivity contribution >= 4 is 11.5 Å². The molecule has 0 radical (unpaired) electrons. The Morgan fingerprint density at radius 1 is 1.47 bits per heavy atom. The molecule has 0 unspecified atom stereocenters. The van der Waals surface area contributed by atoms with Gasteiger partial charge < -0.3 is 4.74 Å². The lowest BCUT2D eigenvalue weighted by atomic mass is 9.88. The highest BCUT2D eigenvalue weighted by atomic mass is 19.1. The Morgan fingerprint density at radius 3 is 2.76 bits per heavy atom. The van der Waals surface area contributed by atoms with Crippen molar-refractivity contribution in [1.82, 2.24) is 0 Å². The number of methoxy groups -OCH3 is 1. The molecule has 0 spiro atoms. The van der Waals surface area contributed by atoms with Crippen LogP contribution in [0, 0.1) is 15.9 Å². The Balaban J connectivity index is 2.77. The van der Waals surface area contributed by atoms with Gasteiger partial charge in [-0.05, 0) is 12.8 Å². The van der Waals surface area contributed by atoms with Crippen LogP contribution in [0.25, 0.3) is 0 Å². The molecule has 0 saturated carbocycles. The molecule has 1 aliphatic carbocycles. The summed E-state index contributed by atoms with van der Waals surface area (Å²) in [6, 6.07) is 0.751. The monoisotopic (exact) mass is 239 g/mol. The number of nitro groups is 1. The fourth-order valence-electron chi connectivity index (χ4n) is 2.14. The van der Waals surface area contributed by atoms with Gasteiger partial charge >= 0.3 is 0 Å². The highest BCUT2D eigenvalue weighted by Gasteiger charge is 2.32. The van der Waals surface area contributed by atoms with Gasteiger partial charge in [0.05, 0.1) is 18.1 Å². The number of rotatable bonds is 2. The lowest BCUT2D eigenvalue weighted by molar-refractivity contribution is -0.385. The molecule has 0 amide bonds. The number of Topliss-reactive ketones (excluding diaryl/α,β-unsaturated/α-hetero) is 1. The maximum absolute atomic E-state index is 13.6. The molecule has 17 heavy (non-hydrogen) atoms. The molecule has 0 aromatic heterocycles. The number of halogens is 1. The quantitative estimate of drug-likeness (QED) is 0.586. The van der Waals surface area contributed by atoms with E-state index in [1.54, 1.807) is 0 Å². The van der Waals surface area contributed by atoms with Crippen LogP contribution >= 0.6 is 0 Å². The van der Waals surface area contributed by atoms with Gasteiger partial charge in [-0.3, -0.25) is 14.9 Å². The molecule has 1 aromatic carbocycles. The van der Waals surface area contributed by atoms with Gasteiger partial charge in [-0.25, -0.2) is 4.39 Å². The first-order valence-electron chi connectivity index (χ1n) is 5.13. The van der Waals surface area contributed by atoms with Crippen molar-refractivity contribution in [2.24, 2.45) is 0 Å². The normalized spacial score (nSPS) is 14.4. The standard InChI is InChI=1S/C11H10FNO4/c1-17-11-6-3-2-4-9(14)10(6)8(13(15)16)5-7(11)12/h5H,2-4H2,1H3. The van der Waals surface area contributed by atoms with Gasteiger partial charge in [-0.2, -0.15) is 0 Å². The fraction of sp³-hybridized carbons (Fsp3) is 0.364. The molecule has 0 fully saturated rings. The first-order chi connectivity index (χ1) is 8.06. The second-order valence-electron chi connectivity index (χ2n) is 3.80. The summed E-state index contributed by atoms with van der Waals surface area (Å²) >= 11 is 0. The van der Waals surface area contributed by atoms with Crippen molar-refractivity contribution < 1.29 is 18.8 Å². The number of carbonyl (C=O) groups is 1. The van der Waals surface area contributed by atoms with Gasteiger partial charge in [0.2, 0.25) is 0 Å². The first-order valence-corrected chi connectivity index (χ1v) is 5.13. The molecular formula is C11H10FNO4. The van der Waals surface area contributed by atoms with Crippen LogP contribution in [0.5, 0.6) is 5.75 Å². The predicted molar refractivity (Wildman–Crippen MR) is 56.9 cm³/mol. The number of ether oxygens (including phenoxy) is 1. The summed E-state index contributed by atoms with van der Waals surface area (Å²) in [6.45, 7) is 0. The third-order valence-electron chi connectivity index (χ3n) is 2.82. The molecule has 0 N–H and O–H groups in total. The van der Waals surface area contributed by atoms with Crippen molar-refractivity contribution in [3.05, 3.63) is 33.1 Å². The minimum absolute atomic E-state index is 0.000463. The molecule has 5 nitrogen and oxygen atoms in total. The first kappa shape index (κ1) is 11.5. The number of benzene rings is 1. The molecule has 6 heteroatoms. The minimum Gasteiger partial charge on any atom is -0.493 e. The van der Waals surface area contributed by atoms with Crippen molar-refractivity contribution in [2.45, 2.75) is 19.3 Å². The third kappa shape index (κ3) is 1.75. The lowest BCUT2D eigenvalue weighted by Crippen LogP contribution is -2.15. The average Bonchev–Trinajstić information content (AvgIpc) is 2.28. The van der Waals surface area contributed by atoms with Crippen molar-refractivity contribution in [3.8, 4) is 5.75 Å². The van der Waals surface area contributed by atoms with Gasteiger partial charge in [0, 0.05) is 12.0 Å². The molecule has 0 bridgehead atoms. The van der Waals surface area contributed by atoms with E-state index in [2.05, 4.69) is 0 Å². The second-order valence-corrected chi connectivity index (χ2v) is 3.80. The highest BCUT2D eigenvalue weighted by Crippen LogP contribution is 2.37. The molecule has 0 atom stereocenters. The Kier molecular flexibility index (Phi) is 2.79. The largest absolute Gasteiger partial charge is 0.493 e. The van der Waals surface area contributed by atoms with Gasteiger partial charge in [0.1, 0.15) is 5.56 Å². The van der Waals surface area contributed by atoms with E-state index in [1.165, 1.54) is 7.11 Å². The molecule has 2 rings (SSSR count). The molecule has 1 aliphatic rings. The van der Waals surface area contributed by atoms with Crippen LogP contribution in [0.4, 0.5) is 10.1 Å². The number of hydrogen-bond donors (Lipinski definition) is 0. The number of ketones is 1. The van der Waals surface area contributed by atoms with Gasteiger partial charge in [0.15, 0.2) is 17.3 Å². The average molecular weight is 239 g/mol. The molecule has 1 aromatic rings. The summed E-state index contributed by atoms with van der Waals surface area (Å²) in [5, 5.41) is 10.8. The number of nitro benzene ring substituents is 1. The zero-order valence-corrected chi connectivity index (χ0v) is 9.16. The zero-order chi connectivity index (χ0) is 12.6. The van der Waals surface area contributed by atoms with E-state index in [1.807, 2.05) is 0 Å². The number of carbonyl (C=O) groups excluding carboxylic acids is 1. The summed E-state index contributed by atoms with van der Waals surface area (Å²) in [7, 11) is 1.28. The van der Waals surface area contributed by atoms with Crippen LogP contribution < -0.4 is 4.74 Å². The molecule has 0 aliphatic heterocycles. The topological polar surface area (TPSA) is 69.4 Å². The summed E-state index contributed by atoms with van der Waals surface area (Å²) in [6.07, 6.45) is 1.23. The van der Waals surface area contributed by atoms with Crippen molar-refractivity contribution in [2.75, 3.05) is 7.11 Å². The van der Waals surface area contributed by atoms with Crippen LogP contribution in [0.3, 0.4) is 0 Å². The fourth-order valence-corrected chi connectivity index (χ4v) is 2.14. The SMILES string of the molecule is COc1c(F)cc([N+](=O)[O-])c2c1CCCC2=O. The predicted octanol–water partition coefficient (Wildman–Crippen LogP) is 2.26. The maximum atomic E-state index is 13.6. The third-order valence-corrected chi connectivity index (χ3v) is 2.82. The smallest absolute Gasteiger partial charge is 0.283 e. The van der Waals surface area contributed by atoms with E-state index in [9.17, 15) is 19.3 Å². The Bertz CT molecular complexity index is 513. The zero-order valence-electron chi connectivity index (χ0n) is 9.16. The van der Waals surface area contributed by atoms with E-state index >= 15 is 0 Å². The Labute approximate surface area is 96.3 Å². The van der Waals surface area contributed by atoms with E-state index < -0.39 is 16.4 Å². The van der Waals surface area contributed by atoms with Crippen LogP contribution in [-0.4, -0.2) is 17.8 Å². The van der Waals surface area contributed by atoms with E-state index in [4.69, 9.17) is 4.74 Å². The van der Waals surface area contributed by atoms with Crippen molar-refractivity contribution in [3.63, 3.8) is 0 Å². The Hall–Kier alpha value is -1.98. The number of fused-ring (bicyclic) bond motifs is 1. The van der Waals surface area contributed by atoms with Crippen LogP contribution in [0.2, 0.25) is 0 Å². The number of nitrogens with zero attached hydrogens (tertiary/aromatic N) is 1. The number of hydrogen-bond acceptors (Lipinski definition) is 4.